The van der Waals surface area contributed by atoms with E-state index in [1.807, 2.05) is 39.0 Å². The second-order valence-electron chi connectivity index (χ2n) is 6.78. The molecule has 0 aliphatic carbocycles. The van der Waals surface area contributed by atoms with E-state index in [-0.39, 0.29) is 18.1 Å². The third kappa shape index (κ3) is 3.92. The van der Waals surface area contributed by atoms with Crippen molar-refractivity contribution in [2.45, 2.75) is 32.9 Å². The largest absolute Gasteiger partial charge is 0.373 e. The maximum Gasteiger partial charge on any atom is 0.271 e. The predicted molar refractivity (Wildman–Crippen MR) is 100 cm³/mol. The molecule has 138 valence electrons. The quantitative estimate of drug-likeness (QED) is 0.912. The van der Waals surface area contributed by atoms with Crippen molar-refractivity contribution < 1.29 is 9.53 Å². The summed E-state index contributed by atoms with van der Waals surface area (Å²) in [5.41, 5.74) is 3.84. The van der Waals surface area contributed by atoms with E-state index in [9.17, 15) is 4.79 Å². The van der Waals surface area contributed by atoms with Gasteiger partial charge in [0, 0.05) is 13.1 Å². The first kappa shape index (κ1) is 18.5. The van der Waals surface area contributed by atoms with Gasteiger partial charge in [-0.1, -0.05) is 30.3 Å². The van der Waals surface area contributed by atoms with Crippen molar-refractivity contribution in [3.05, 3.63) is 58.7 Å². The topological polar surface area (TPSA) is 67.3 Å². The van der Waals surface area contributed by atoms with Crippen LogP contribution in [0.5, 0.6) is 0 Å². The monoisotopic (exact) mass is 354 g/mol. The first-order valence-electron chi connectivity index (χ1n) is 8.94. The van der Waals surface area contributed by atoms with Crippen LogP contribution in [0.15, 0.2) is 30.3 Å². The highest BCUT2D eigenvalue weighted by Gasteiger charge is 2.31. The van der Waals surface area contributed by atoms with Crippen LogP contribution in [-0.4, -0.2) is 53.6 Å². The minimum atomic E-state index is -0.207. The Bertz CT molecular complexity index is 779. The van der Waals surface area contributed by atoms with Gasteiger partial charge in [-0.2, -0.15) is 0 Å². The molecule has 2 heterocycles. The second-order valence-corrected chi connectivity index (χ2v) is 6.78. The summed E-state index contributed by atoms with van der Waals surface area (Å²) in [6.07, 6.45) is -0.111. The number of morpholine rings is 1. The minimum Gasteiger partial charge on any atom is -0.373 e. The molecule has 2 atom stereocenters. The van der Waals surface area contributed by atoms with Gasteiger partial charge in [-0.15, -0.1) is 0 Å². The fourth-order valence-electron chi connectivity index (χ4n) is 3.36. The van der Waals surface area contributed by atoms with E-state index in [4.69, 9.17) is 4.74 Å². The van der Waals surface area contributed by atoms with Crippen LogP contribution in [0.25, 0.3) is 0 Å². The van der Waals surface area contributed by atoms with Crippen LogP contribution in [0.1, 0.15) is 39.2 Å². The molecule has 1 aliphatic rings. The molecule has 0 saturated carbocycles. The van der Waals surface area contributed by atoms with E-state index in [0.29, 0.717) is 24.5 Å². The predicted octanol–water partition coefficient (Wildman–Crippen LogP) is 2.20. The van der Waals surface area contributed by atoms with Crippen molar-refractivity contribution in [1.82, 2.24) is 20.2 Å². The molecule has 1 N–H and O–H groups in total. The molecule has 0 radical (unpaired) electrons. The average Bonchev–Trinajstić information content (AvgIpc) is 2.63. The summed E-state index contributed by atoms with van der Waals surface area (Å²) < 4.78 is 5.98. The summed E-state index contributed by atoms with van der Waals surface area (Å²) in [4.78, 5) is 23.7. The highest BCUT2D eigenvalue weighted by molar-refractivity contribution is 5.93. The van der Waals surface area contributed by atoms with Crippen LogP contribution in [0.3, 0.4) is 0 Å². The molecule has 1 saturated heterocycles. The molecule has 1 fully saturated rings. The molecule has 0 bridgehead atoms. The van der Waals surface area contributed by atoms with Gasteiger partial charge in [-0.25, -0.2) is 4.98 Å². The zero-order valence-electron chi connectivity index (χ0n) is 15.8. The Morgan fingerprint density at radius 2 is 1.85 bits per heavy atom. The highest BCUT2D eigenvalue weighted by Crippen LogP contribution is 2.27. The summed E-state index contributed by atoms with van der Waals surface area (Å²) in [6, 6.07) is 10.4. The number of amides is 1. The van der Waals surface area contributed by atoms with Crippen molar-refractivity contribution in [3.8, 4) is 0 Å². The highest BCUT2D eigenvalue weighted by atomic mass is 16.5. The summed E-state index contributed by atoms with van der Waals surface area (Å²) in [7, 11) is 2.09. The molecule has 1 aromatic heterocycles. The maximum atomic E-state index is 12.6. The molecule has 0 spiro atoms. The fourth-order valence-corrected chi connectivity index (χ4v) is 3.36. The van der Waals surface area contributed by atoms with Crippen LogP contribution in [0.2, 0.25) is 0 Å². The number of carbonyl (C=O) groups is 1. The summed E-state index contributed by atoms with van der Waals surface area (Å²) >= 11 is 0. The van der Waals surface area contributed by atoms with Crippen LogP contribution < -0.4 is 5.32 Å². The Morgan fingerprint density at radius 3 is 2.58 bits per heavy atom. The zero-order chi connectivity index (χ0) is 18.7. The lowest BCUT2D eigenvalue weighted by Crippen LogP contribution is -2.48. The van der Waals surface area contributed by atoms with Gasteiger partial charge in [0.25, 0.3) is 5.91 Å². The molecule has 1 amide bonds. The molecule has 6 heteroatoms. The van der Waals surface area contributed by atoms with Crippen molar-refractivity contribution in [2.75, 3.05) is 26.7 Å². The third-order valence-corrected chi connectivity index (χ3v) is 4.90. The van der Waals surface area contributed by atoms with Crippen LogP contribution in [-0.2, 0) is 4.74 Å². The Hall–Kier alpha value is -2.31. The van der Waals surface area contributed by atoms with Gasteiger partial charge < -0.3 is 10.1 Å². The standard InChI is InChI=1S/C20H26N4O2/c1-13-14(2)23-18(15(3)22-13)20(25)21-12-17-19(24(4)10-11-26-17)16-8-6-5-7-9-16/h5-9,17,19H,10-12H2,1-4H3,(H,21,25)/t17-,19-/m0/s1. The summed E-state index contributed by atoms with van der Waals surface area (Å²) in [5.74, 6) is -0.207. The molecule has 1 aliphatic heterocycles. The molecule has 2 aromatic rings. The zero-order valence-corrected chi connectivity index (χ0v) is 15.8. The molecule has 0 unspecified atom stereocenters. The fraction of sp³-hybridized carbons (Fsp3) is 0.450. The van der Waals surface area contributed by atoms with Crippen molar-refractivity contribution in [3.63, 3.8) is 0 Å². The van der Waals surface area contributed by atoms with Crippen LogP contribution in [0, 0.1) is 20.8 Å². The number of carbonyl (C=O) groups excluding carboxylic acids is 1. The maximum absolute atomic E-state index is 12.6. The Labute approximate surface area is 154 Å². The number of nitrogens with one attached hydrogen (secondary N) is 1. The lowest BCUT2D eigenvalue weighted by atomic mass is 9.98. The van der Waals surface area contributed by atoms with E-state index in [1.165, 1.54) is 5.56 Å². The summed E-state index contributed by atoms with van der Waals surface area (Å²) in [5, 5.41) is 2.98. The SMILES string of the molecule is Cc1nc(C)c(C(=O)NC[C@@H]2OCCN(C)[C@H]2c2ccccc2)nc1C. The first-order chi connectivity index (χ1) is 12.5. The third-order valence-electron chi connectivity index (χ3n) is 4.90. The van der Waals surface area contributed by atoms with Crippen molar-refractivity contribution in [1.29, 1.82) is 0 Å². The number of likely N-dealkylation sites (N-methyl/N-ethyl adjacent to an activating group) is 1. The Kier molecular flexibility index (Phi) is 5.64. The van der Waals surface area contributed by atoms with E-state index in [2.05, 4.69) is 39.4 Å². The van der Waals surface area contributed by atoms with E-state index in [0.717, 1.165) is 17.9 Å². The van der Waals surface area contributed by atoms with Crippen molar-refractivity contribution in [2.24, 2.45) is 0 Å². The first-order valence-corrected chi connectivity index (χ1v) is 8.94. The molecule has 26 heavy (non-hydrogen) atoms. The van der Waals surface area contributed by atoms with Gasteiger partial charge in [-0.05, 0) is 33.4 Å². The molecule has 3 rings (SSSR count). The molecular weight excluding hydrogens is 328 g/mol. The number of rotatable bonds is 4. The van der Waals surface area contributed by atoms with Crippen LogP contribution >= 0.6 is 0 Å². The van der Waals surface area contributed by atoms with Gasteiger partial charge in [0.15, 0.2) is 0 Å². The second kappa shape index (κ2) is 7.93. The van der Waals surface area contributed by atoms with Gasteiger partial charge in [0.05, 0.1) is 35.8 Å². The van der Waals surface area contributed by atoms with E-state index < -0.39 is 0 Å². The van der Waals surface area contributed by atoms with E-state index in [1.54, 1.807) is 0 Å². The smallest absolute Gasteiger partial charge is 0.271 e. The van der Waals surface area contributed by atoms with Crippen molar-refractivity contribution >= 4 is 5.91 Å². The number of aromatic nitrogens is 2. The number of nitrogens with zero attached hydrogens (tertiary/aromatic N) is 3. The molecule has 1 aromatic carbocycles. The van der Waals surface area contributed by atoms with Gasteiger partial charge in [0.2, 0.25) is 0 Å². The number of hydrogen-bond acceptors (Lipinski definition) is 5. The molecule has 6 nitrogen and oxygen atoms in total. The average molecular weight is 354 g/mol. The number of ether oxygens (including phenoxy) is 1. The van der Waals surface area contributed by atoms with E-state index >= 15 is 0 Å². The summed E-state index contributed by atoms with van der Waals surface area (Å²) in [6.45, 7) is 7.52. The van der Waals surface area contributed by atoms with Gasteiger partial charge in [0.1, 0.15) is 5.69 Å². The Balaban J connectivity index is 1.73. The normalized spacial score (nSPS) is 20.8. The number of hydrogen-bond donors (Lipinski definition) is 1. The number of benzene rings is 1. The van der Waals surface area contributed by atoms with Crippen LogP contribution in [0.4, 0.5) is 0 Å². The minimum absolute atomic E-state index is 0.109. The Morgan fingerprint density at radius 1 is 1.15 bits per heavy atom. The van der Waals surface area contributed by atoms with Gasteiger partial charge >= 0.3 is 0 Å². The molecular formula is C20H26N4O2. The lowest BCUT2D eigenvalue weighted by Gasteiger charge is -2.39. The number of aryl methyl sites for hydroxylation is 3. The van der Waals surface area contributed by atoms with Gasteiger partial charge in [-0.3, -0.25) is 14.7 Å². The lowest BCUT2D eigenvalue weighted by molar-refractivity contribution is -0.0605.